The van der Waals surface area contributed by atoms with E-state index in [2.05, 4.69) is 0 Å². The van der Waals surface area contributed by atoms with Crippen LogP contribution in [0.2, 0.25) is 0 Å². The molecule has 0 aromatic rings. The number of carboxylic acids is 1. The maximum atomic E-state index is 13.0. The van der Waals surface area contributed by atoms with Crippen LogP contribution in [0, 0.1) is 5.41 Å². The average molecular weight is 442 g/mol. The van der Waals surface area contributed by atoms with E-state index in [1.165, 1.54) is 0 Å². The Kier molecular flexibility index (Phi) is 9.51. The number of unbranched alkanes of at least 4 members (excludes halogenated alkanes) is 3. The van der Waals surface area contributed by atoms with Crippen molar-refractivity contribution < 1.29 is 33.8 Å². The summed E-state index contributed by atoms with van der Waals surface area (Å²) in [6.07, 6.45) is 3.74. The number of hydrogen-bond acceptors (Lipinski definition) is 6. The average Bonchev–Trinajstić information content (AvgIpc) is 2.61. The molecule has 1 amide bonds. The lowest BCUT2D eigenvalue weighted by molar-refractivity contribution is -0.190. The minimum atomic E-state index is -1.41. The summed E-state index contributed by atoms with van der Waals surface area (Å²) in [4.78, 5) is 50.7. The standard InChI is InChI=1S/C23H39NO7/c1-21(2,3)30-19(28)23(20(29)31-22(4,5)6)13-15-24(16-14-23)17(25)11-9-7-8-10-12-18(26)27/h7-16H2,1-6H3,(H,26,27). The second kappa shape index (κ2) is 11.0. The molecule has 8 heteroatoms. The second-order valence-corrected chi connectivity index (χ2v) is 10.3. The number of carbonyl (C=O) groups is 4. The maximum absolute atomic E-state index is 13.0. The van der Waals surface area contributed by atoms with Crippen molar-refractivity contribution in [3.05, 3.63) is 0 Å². The molecule has 0 aromatic carbocycles. The van der Waals surface area contributed by atoms with Crippen LogP contribution >= 0.6 is 0 Å². The molecule has 0 radical (unpaired) electrons. The van der Waals surface area contributed by atoms with E-state index in [4.69, 9.17) is 14.6 Å². The molecule has 1 aliphatic rings. The third-order valence-electron chi connectivity index (χ3n) is 5.08. The van der Waals surface area contributed by atoms with Gasteiger partial charge in [-0.3, -0.25) is 19.2 Å². The molecular formula is C23H39NO7. The van der Waals surface area contributed by atoms with E-state index in [0.29, 0.717) is 19.3 Å². The number of carbonyl (C=O) groups excluding carboxylic acids is 3. The van der Waals surface area contributed by atoms with Crippen molar-refractivity contribution in [2.45, 2.75) is 104 Å². The van der Waals surface area contributed by atoms with Crippen LogP contribution in [0.5, 0.6) is 0 Å². The lowest BCUT2D eigenvalue weighted by Gasteiger charge is -2.40. The van der Waals surface area contributed by atoms with Crippen LogP contribution in [0.3, 0.4) is 0 Å². The Morgan fingerprint density at radius 3 is 1.58 bits per heavy atom. The minimum absolute atomic E-state index is 0.0137. The van der Waals surface area contributed by atoms with E-state index in [-0.39, 0.29) is 38.3 Å². The van der Waals surface area contributed by atoms with Gasteiger partial charge in [-0.05, 0) is 67.2 Å². The van der Waals surface area contributed by atoms with Gasteiger partial charge in [0.15, 0.2) is 5.41 Å². The topological polar surface area (TPSA) is 110 Å². The van der Waals surface area contributed by atoms with Gasteiger partial charge in [-0.2, -0.15) is 0 Å². The predicted molar refractivity (Wildman–Crippen MR) is 115 cm³/mol. The number of esters is 2. The van der Waals surface area contributed by atoms with Crippen molar-refractivity contribution in [2.24, 2.45) is 5.41 Å². The SMILES string of the molecule is CC(C)(C)OC(=O)C1(C(=O)OC(C)(C)C)CCN(C(=O)CCCCCCC(=O)O)CC1. The van der Waals surface area contributed by atoms with Crippen LogP contribution in [0.15, 0.2) is 0 Å². The van der Waals surface area contributed by atoms with Gasteiger partial charge in [0.05, 0.1) is 0 Å². The third-order valence-corrected chi connectivity index (χ3v) is 5.08. The first-order valence-electron chi connectivity index (χ1n) is 11.1. The third kappa shape index (κ3) is 9.27. The molecule has 1 fully saturated rings. The van der Waals surface area contributed by atoms with E-state index in [1.54, 1.807) is 46.4 Å². The van der Waals surface area contributed by atoms with E-state index >= 15 is 0 Å². The summed E-state index contributed by atoms with van der Waals surface area (Å²) in [6.45, 7) is 11.1. The largest absolute Gasteiger partial charge is 0.481 e. The highest BCUT2D eigenvalue weighted by atomic mass is 16.6. The van der Waals surface area contributed by atoms with Gasteiger partial charge in [0.1, 0.15) is 11.2 Å². The molecule has 0 saturated carbocycles. The molecule has 1 rings (SSSR count). The molecule has 31 heavy (non-hydrogen) atoms. The van der Waals surface area contributed by atoms with E-state index < -0.39 is 34.5 Å². The van der Waals surface area contributed by atoms with Gasteiger partial charge in [-0.1, -0.05) is 12.8 Å². The molecular weight excluding hydrogens is 402 g/mol. The van der Waals surface area contributed by atoms with Crippen molar-refractivity contribution in [3.63, 3.8) is 0 Å². The second-order valence-electron chi connectivity index (χ2n) is 10.3. The van der Waals surface area contributed by atoms with Gasteiger partial charge in [0.2, 0.25) is 5.91 Å². The lowest BCUT2D eigenvalue weighted by atomic mass is 9.77. The van der Waals surface area contributed by atoms with Crippen LogP contribution in [0.1, 0.15) is 92.9 Å². The fraction of sp³-hybridized carbons (Fsp3) is 0.826. The Balaban J connectivity index is 2.70. The number of nitrogens with zero attached hydrogens (tertiary/aromatic N) is 1. The lowest BCUT2D eigenvalue weighted by Crippen LogP contribution is -2.53. The number of amides is 1. The summed E-state index contributed by atoms with van der Waals surface area (Å²) in [6, 6.07) is 0. The number of rotatable bonds is 9. The zero-order valence-electron chi connectivity index (χ0n) is 19.9. The normalized spacial score (nSPS) is 16.5. The van der Waals surface area contributed by atoms with Gasteiger partial charge in [-0.15, -0.1) is 0 Å². The molecule has 0 aromatic heterocycles. The van der Waals surface area contributed by atoms with Crippen molar-refractivity contribution in [1.29, 1.82) is 0 Å². The Morgan fingerprint density at radius 2 is 1.19 bits per heavy atom. The fourth-order valence-electron chi connectivity index (χ4n) is 3.45. The maximum Gasteiger partial charge on any atom is 0.324 e. The Hall–Kier alpha value is -2.12. The first kappa shape index (κ1) is 26.9. The molecule has 8 nitrogen and oxygen atoms in total. The number of ether oxygens (including phenoxy) is 2. The number of hydrogen-bond donors (Lipinski definition) is 1. The number of aliphatic carboxylic acids is 1. The molecule has 178 valence electrons. The molecule has 0 atom stereocenters. The molecule has 1 heterocycles. The van der Waals surface area contributed by atoms with Crippen LogP contribution < -0.4 is 0 Å². The fourth-order valence-corrected chi connectivity index (χ4v) is 3.45. The summed E-state index contributed by atoms with van der Waals surface area (Å²) >= 11 is 0. The monoisotopic (exact) mass is 441 g/mol. The molecule has 0 spiro atoms. The van der Waals surface area contributed by atoms with Gasteiger partial charge in [-0.25, -0.2) is 0 Å². The smallest absolute Gasteiger partial charge is 0.324 e. The van der Waals surface area contributed by atoms with Gasteiger partial charge >= 0.3 is 17.9 Å². The van der Waals surface area contributed by atoms with Gasteiger partial charge in [0, 0.05) is 25.9 Å². The van der Waals surface area contributed by atoms with Crippen molar-refractivity contribution in [2.75, 3.05) is 13.1 Å². The summed E-state index contributed by atoms with van der Waals surface area (Å²) in [7, 11) is 0. The van der Waals surface area contributed by atoms with Crippen LogP contribution in [0.4, 0.5) is 0 Å². The Bertz CT molecular complexity index is 620. The van der Waals surface area contributed by atoms with Gasteiger partial charge < -0.3 is 19.5 Å². The minimum Gasteiger partial charge on any atom is -0.481 e. The highest BCUT2D eigenvalue weighted by Crippen LogP contribution is 2.37. The molecule has 1 saturated heterocycles. The summed E-state index contributed by atoms with van der Waals surface area (Å²) in [5, 5.41) is 8.65. The highest BCUT2D eigenvalue weighted by molar-refractivity contribution is 6.00. The van der Waals surface area contributed by atoms with Crippen molar-refractivity contribution in [3.8, 4) is 0 Å². The zero-order valence-corrected chi connectivity index (χ0v) is 19.9. The molecule has 0 aliphatic carbocycles. The van der Waals surface area contributed by atoms with Gasteiger partial charge in [0.25, 0.3) is 0 Å². The highest BCUT2D eigenvalue weighted by Gasteiger charge is 2.53. The van der Waals surface area contributed by atoms with E-state index in [0.717, 1.165) is 12.8 Å². The van der Waals surface area contributed by atoms with Crippen LogP contribution in [-0.2, 0) is 28.7 Å². The number of carboxylic acid groups (broad SMARTS) is 1. The summed E-state index contributed by atoms with van der Waals surface area (Å²) in [5.41, 5.74) is -2.88. The molecule has 1 aliphatic heterocycles. The van der Waals surface area contributed by atoms with Crippen LogP contribution in [0.25, 0.3) is 0 Å². The molecule has 0 bridgehead atoms. The first-order chi connectivity index (χ1) is 14.2. The quantitative estimate of drug-likeness (QED) is 0.330. The van der Waals surface area contributed by atoms with Crippen molar-refractivity contribution >= 4 is 23.8 Å². The van der Waals surface area contributed by atoms with Crippen LogP contribution in [-0.4, -0.2) is 58.1 Å². The Labute approximate surface area is 185 Å². The first-order valence-corrected chi connectivity index (χ1v) is 11.1. The number of piperidine rings is 1. The summed E-state index contributed by atoms with van der Waals surface area (Å²) < 4.78 is 11.1. The molecule has 1 N–H and O–H groups in total. The van der Waals surface area contributed by atoms with Crippen molar-refractivity contribution in [1.82, 2.24) is 4.90 Å². The molecule has 0 unspecified atom stereocenters. The van der Waals surface area contributed by atoms with E-state index in [9.17, 15) is 19.2 Å². The Morgan fingerprint density at radius 1 is 0.774 bits per heavy atom. The summed E-state index contributed by atoms with van der Waals surface area (Å²) in [5.74, 6) is -2.01. The van der Waals surface area contributed by atoms with E-state index in [1.807, 2.05) is 0 Å². The zero-order chi connectivity index (χ0) is 23.9. The predicted octanol–water partition coefficient (Wildman–Crippen LogP) is 3.70. The number of likely N-dealkylation sites (tertiary alicyclic amines) is 1.